The van der Waals surface area contributed by atoms with Crippen molar-refractivity contribution in [2.75, 3.05) is 5.32 Å². The van der Waals surface area contributed by atoms with Crippen molar-refractivity contribution in [1.29, 1.82) is 0 Å². The molecule has 16 heavy (non-hydrogen) atoms. The largest absolute Gasteiger partial charge is 0.328 e. The first kappa shape index (κ1) is 13.2. The van der Waals surface area contributed by atoms with E-state index in [0.29, 0.717) is 6.42 Å². The van der Waals surface area contributed by atoms with Gasteiger partial charge in [0.15, 0.2) is 0 Å². The smallest absolute Gasteiger partial charge is 0.224 e. The number of carbonyl (C=O) groups is 1. The second-order valence-electron chi connectivity index (χ2n) is 3.93. The van der Waals surface area contributed by atoms with Gasteiger partial charge in [0, 0.05) is 22.6 Å². The molecule has 88 valence electrons. The van der Waals surface area contributed by atoms with Crippen LogP contribution in [0.2, 0.25) is 0 Å². The van der Waals surface area contributed by atoms with E-state index < -0.39 is 0 Å². The SMILES string of the molecule is CC(N)CCCC(=O)Nc1cccc(Br)c1. The lowest BCUT2D eigenvalue weighted by atomic mass is 10.1. The third kappa shape index (κ3) is 5.28. The van der Waals surface area contributed by atoms with Crippen LogP contribution in [-0.4, -0.2) is 11.9 Å². The van der Waals surface area contributed by atoms with Crippen molar-refractivity contribution in [1.82, 2.24) is 0 Å². The highest BCUT2D eigenvalue weighted by atomic mass is 79.9. The van der Waals surface area contributed by atoms with E-state index in [4.69, 9.17) is 5.73 Å². The number of amides is 1. The van der Waals surface area contributed by atoms with E-state index in [1.807, 2.05) is 31.2 Å². The van der Waals surface area contributed by atoms with Crippen LogP contribution in [-0.2, 0) is 4.79 Å². The number of nitrogens with one attached hydrogen (secondary N) is 1. The third-order valence-electron chi connectivity index (χ3n) is 2.17. The van der Waals surface area contributed by atoms with Crippen LogP contribution in [0.3, 0.4) is 0 Å². The summed E-state index contributed by atoms with van der Waals surface area (Å²) in [5.74, 6) is 0.0405. The molecule has 0 bridgehead atoms. The molecule has 0 aliphatic heterocycles. The quantitative estimate of drug-likeness (QED) is 0.874. The van der Waals surface area contributed by atoms with Gasteiger partial charge in [0.05, 0.1) is 0 Å². The molecule has 0 fully saturated rings. The van der Waals surface area contributed by atoms with Gasteiger partial charge in [0.1, 0.15) is 0 Å². The van der Waals surface area contributed by atoms with Crippen LogP contribution in [0.1, 0.15) is 26.2 Å². The lowest BCUT2D eigenvalue weighted by molar-refractivity contribution is -0.116. The fourth-order valence-corrected chi connectivity index (χ4v) is 1.77. The van der Waals surface area contributed by atoms with Gasteiger partial charge in [-0.1, -0.05) is 22.0 Å². The van der Waals surface area contributed by atoms with Crippen molar-refractivity contribution >= 4 is 27.5 Å². The molecule has 1 aromatic rings. The Morgan fingerprint density at radius 2 is 2.31 bits per heavy atom. The van der Waals surface area contributed by atoms with Gasteiger partial charge in [-0.05, 0) is 38.0 Å². The van der Waals surface area contributed by atoms with E-state index in [0.717, 1.165) is 23.0 Å². The zero-order valence-electron chi connectivity index (χ0n) is 9.37. The fraction of sp³-hybridized carbons (Fsp3) is 0.417. The Balaban J connectivity index is 2.34. The van der Waals surface area contributed by atoms with Gasteiger partial charge in [-0.2, -0.15) is 0 Å². The average Bonchev–Trinajstić information content (AvgIpc) is 2.16. The van der Waals surface area contributed by atoms with Gasteiger partial charge in [0.2, 0.25) is 5.91 Å². The first-order chi connectivity index (χ1) is 7.58. The number of rotatable bonds is 5. The topological polar surface area (TPSA) is 55.1 Å². The molecule has 0 aliphatic carbocycles. The summed E-state index contributed by atoms with van der Waals surface area (Å²) >= 11 is 3.36. The van der Waals surface area contributed by atoms with Crippen LogP contribution in [0.25, 0.3) is 0 Å². The van der Waals surface area contributed by atoms with E-state index >= 15 is 0 Å². The molecule has 1 rings (SSSR count). The van der Waals surface area contributed by atoms with E-state index in [1.54, 1.807) is 0 Å². The molecule has 1 unspecified atom stereocenters. The third-order valence-corrected chi connectivity index (χ3v) is 2.66. The first-order valence-corrected chi connectivity index (χ1v) is 6.18. The Hall–Kier alpha value is -0.870. The number of hydrogen-bond donors (Lipinski definition) is 2. The highest BCUT2D eigenvalue weighted by molar-refractivity contribution is 9.10. The van der Waals surface area contributed by atoms with Gasteiger partial charge in [-0.15, -0.1) is 0 Å². The highest BCUT2D eigenvalue weighted by Gasteiger charge is 2.03. The zero-order valence-corrected chi connectivity index (χ0v) is 11.0. The number of carbonyl (C=O) groups excluding carboxylic acids is 1. The summed E-state index contributed by atoms with van der Waals surface area (Å²) < 4.78 is 0.959. The standard InChI is InChI=1S/C12H17BrN2O/c1-9(14)4-2-7-12(16)15-11-6-3-5-10(13)8-11/h3,5-6,8-9H,2,4,7,14H2,1H3,(H,15,16). The Kier molecular flexibility index (Phi) is 5.49. The second-order valence-corrected chi connectivity index (χ2v) is 4.84. The number of anilines is 1. The predicted octanol–water partition coefficient (Wildman–Crippen LogP) is 2.91. The van der Waals surface area contributed by atoms with E-state index in [2.05, 4.69) is 21.2 Å². The van der Waals surface area contributed by atoms with Crippen LogP contribution in [0.4, 0.5) is 5.69 Å². The molecular formula is C12H17BrN2O. The molecule has 0 aromatic heterocycles. The van der Waals surface area contributed by atoms with Crippen molar-refractivity contribution in [2.24, 2.45) is 5.73 Å². The predicted molar refractivity (Wildman–Crippen MR) is 70.3 cm³/mol. The molecule has 4 heteroatoms. The molecule has 1 atom stereocenters. The number of benzene rings is 1. The molecule has 0 aliphatic rings. The van der Waals surface area contributed by atoms with Gasteiger partial charge in [0.25, 0.3) is 0 Å². The maximum Gasteiger partial charge on any atom is 0.224 e. The maximum absolute atomic E-state index is 11.5. The molecule has 0 radical (unpaired) electrons. The van der Waals surface area contributed by atoms with Gasteiger partial charge >= 0.3 is 0 Å². The van der Waals surface area contributed by atoms with Crippen LogP contribution in [0.5, 0.6) is 0 Å². The molecule has 0 saturated carbocycles. The first-order valence-electron chi connectivity index (χ1n) is 5.39. The molecule has 1 amide bonds. The number of nitrogens with two attached hydrogens (primary N) is 1. The van der Waals surface area contributed by atoms with Crippen molar-refractivity contribution in [2.45, 2.75) is 32.2 Å². The van der Waals surface area contributed by atoms with Gasteiger partial charge in [-0.3, -0.25) is 4.79 Å². The van der Waals surface area contributed by atoms with Gasteiger partial charge in [-0.25, -0.2) is 0 Å². The minimum absolute atomic E-state index is 0.0405. The summed E-state index contributed by atoms with van der Waals surface area (Å²) in [6.45, 7) is 1.95. The second kappa shape index (κ2) is 6.66. The van der Waals surface area contributed by atoms with E-state index in [1.165, 1.54) is 0 Å². The van der Waals surface area contributed by atoms with Crippen LogP contribution in [0, 0.1) is 0 Å². The Bertz CT molecular complexity index is 353. The summed E-state index contributed by atoms with van der Waals surface area (Å²) in [6, 6.07) is 7.73. The molecule has 0 heterocycles. The van der Waals surface area contributed by atoms with Crippen molar-refractivity contribution < 1.29 is 4.79 Å². The van der Waals surface area contributed by atoms with Crippen molar-refractivity contribution in [3.8, 4) is 0 Å². The Morgan fingerprint density at radius 3 is 2.94 bits per heavy atom. The zero-order chi connectivity index (χ0) is 12.0. The van der Waals surface area contributed by atoms with E-state index in [9.17, 15) is 4.79 Å². The summed E-state index contributed by atoms with van der Waals surface area (Å²) in [5, 5.41) is 2.85. The van der Waals surface area contributed by atoms with Gasteiger partial charge < -0.3 is 11.1 Å². The van der Waals surface area contributed by atoms with Crippen LogP contribution < -0.4 is 11.1 Å². The summed E-state index contributed by atoms with van der Waals surface area (Å²) in [6.07, 6.45) is 2.23. The average molecular weight is 285 g/mol. The molecular weight excluding hydrogens is 268 g/mol. The highest BCUT2D eigenvalue weighted by Crippen LogP contribution is 2.16. The van der Waals surface area contributed by atoms with Crippen LogP contribution in [0.15, 0.2) is 28.7 Å². The summed E-state index contributed by atoms with van der Waals surface area (Å²) in [5.41, 5.74) is 6.43. The molecule has 1 aromatic carbocycles. The monoisotopic (exact) mass is 284 g/mol. The molecule has 3 N–H and O–H groups in total. The summed E-state index contributed by atoms with van der Waals surface area (Å²) in [7, 11) is 0. The number of hydrogen-bond acceptors (Lipinski definition) is 2. The maximum atomic E-state index is 11.5. The Morgan fingerprint density at radius 1 is 1.56 bits per heavy atom. The lowest BCUT2D eigenvalue weighted by Crippen LogP contribution is -2.16. The number of halogens is 1. The van der Waals surface area contributed by atoms with Crippen molar-refractivity contribution in [3.05, 3.63) is 28.7 Å². The van der Waals surface area contributed by atoms with Crippen molar-refractivity contribution in [3.63, 3.8) is 0 Å². The molecule has 0 spiro atoms. The fourth-order valence-electron chi connectivity index (χ4n) is 1.37. The normalized spacial score (nSPS) is 12.2. The molecule has 0 saturated heterocycles. The summed E-state index contributed by atoms with van der Waals surface area (Å²) in [4.78, 5) is 11.5. The minimum atomic E-state index is 0.0405. The minimum Gasteiger partial charge on any atom is -0.328 e. The van der Waals surface area contributed by atoms with E-state index in [-0.39, 0.29) is 11.9 Å². The Labute approximate surface area is 105 Å². The van der Waals surface area contributed by atoms with Crippen LogP contribution >= 0.6 is 15.9 Å². The molecule has 3 nitrogen and oxygen atoms in total. The lowest BCUT2D eigenvalue weighted by Gasteiger charge is -2.06.